The summed E-state index contributed by atoms with van der Waals surface area (Å²) >= 11 is 0. The molecule has 0 spiro atoms. The zero-order valence-corrected chi connectivity index (χ0v) is 11.3. The molecule has 1 rings (SSSR count). The minimum atomic E-state index is -1.53. The number of carbonyl (C=O) groups is 1. The third-order valence-corrected chi connectivity index (χ3v) is 2.98. The average molecular weight is 289 g/mol. The van der Waals surface area contributed by atoms with Crippen LogP contribution in [0.5, 0.6) is 0 Å². The Morgan fingerprint density at radius 3 is 2.45 bits per heavy atom. The Morgan fingerprint density at radius 1 is 1.15 bits per heavy atom. The van der Waals surface area contributed by atoms with Crippen molar-refractivity contribution in [3.63, 3.8) is 0 Å². The molecule has 0 aliphatic rings. The minimum Gasteiger partial charge on any atom is -0.481 e. The molecule has 1 N–H and O–H groups in total. The molecule has 0 fully saturated rings. The molecule has 0 heterocycles. The van der Waals surface area contributed by atoms with Crippen molar-refractivity contribution < 1.29 is 23.1 Å². The summed E-state index contributed by atoms with van der Waals surface area (Å²) in [7, 11) is 0. The topological polar surface area (TPSA) is 40.5 Å². The normalized spacial score (nSPS) is 10.6. The van der Waals surface area contributed by atoms with Gasteiger partial charge in [0.1, 0.15) is 0 Å². The van der Waals surface area contributed by atoms with Crippen molar-refractivity contribution in [2.45, 2.75) is 32.6 Å². The number of rotatable bonds is 8. The number of benzene rings is 1. The predicted molar refractivity (Wildman–Crippen MR) is 70.3 cm³/mol. The van der Waals surface area contributed by atoms with Crippen molar-refractivity contribution >= 4 is 11.7 Å². The van der Waals surface area contributed by atoms with Gasteiger partial charge in [0.15, 0.2) is 17.5 Å². The first-order chi connectivity index (χ1) is 9.47. The third kappa shape index (κ3) is 4.43. The first-order valence-corrected chi connectivity index (χ1v) is 6.57. The molecule has 0 atom stereocenters. The highest BCUT2D eigenvalue weighted by Gasteiger charge is 2.18. The summed E-state index contributed by atoms with van der Waals surface area (Å²) in [5.41, 5.74) is -0.0961. The summed E-state index contributed by atoms with van der Waals surface area (Å²) < 4.78 is 39.9. The quantitative estimate of drug-likeness (QED) is 0.587. The van der Waals surface area contributed by atoms with Crippen LogP contribution in [-0.4, -0.2) is 24.2 Å². The number of aliphatic carboxylic acids is 1. The number of nitrogens with zero attached hydrogens (tertiary/aromatic N) is 1. The minimum absolute atomic E-state index is 0.0566. The molecule has 0 amide bonds. The van der Waals surface area contributed by atoms with Crippen LogP contribution >= 0.6 is 0 Å². The Bertz CT molecular complexity index is 466. The lowest BCUT2D eigenvalue weighted by molar-refractivity contribution is -0.136. The van der Waals surface area contributed by atoms with Crippen molar-refractivity contribution in [2.75, 3.05) is 18.0 Å². The van der Waals surface area contributed by atoms with E-state index in [-0.39, 0.29) is 18.7 Å². The molecule has 3 nitrogen and oxygen atoms in total. The van der Waals surface area contributed by atoms with Gasteiger partial charge in [-0.05, 0) is 18.6 Å². The Hall–Kier alpha value is -1.72. The highest BCUT2D eigenvalue weighted by atomic mass is 19.2. The second-order valence-corrected chi connectivity index (χ2v) is 4.53. The monoisotopic (exact) mass is 289 g/mol. The highest BCUT2D eigenvalue weighted by molar-refractivity contribution is 5.67. The molecule has 20 heavy (non-hydrogen) atoms. The van der Waals surface area contributed by atoms with Crippen LogP contribution in [-0.2, 0) is 4.79 Å². The fourth-order valence-corrected chi connectivity index (χ4v) is 1.90. The van der Waals surface area contributed by atoms with E-state index >= 15 is 0 Å². The molecule has 0 bridgehead atoms. The Kier molecular flexibility index (Phi) is 6.35. The van der Waals surface area contributed by atoms with Crippen LogP contribution in [0, 0.1) is 17.5 Å². The number of unbranched alkanes of at least 4 members (excludes halogenated alkanes) is 2. The highest BCUT2D eigenvalue weighted by Crippen LogP contribution is 2.24. The number of hydrogen-bond acceptors (Lipinski definition) is 2. The van der Waals surface area contributed by atoms with Gasteiger partial charge < -0.3 is 10.0 Å². The fraction of sp³-hybridized carbons (Fsp3) is 0.500. The van der Waals surface area contributed by atoms with Gasteiger partial charge in [-0.3, -0.25) is 4.79 Å². The van der Waals surface area contributed by atoms with Crippen LogP contribution in [0.3, 0.4) is 0 Å². The molecule has 0 aromatic heterocycles. The van der Waals surface area contributed by atoms with E-state index in [0.29, 0.717) is 6.54 Å². The second kappa shape index (κ2) is 7.77. The molecule has 0 aliphatic heterocycles. The molecule has 0 saturated heterocycles. The average Bonchev–Trinajstić information content (AvgIpc) is 2.41. The molecule has 1 aromatic carbocycles. The van der Waals surface area contributed by atoms with E-state index in [4.69, 9.17) is 5.11 Å². The zero-order chi connectivity index (χ0) is 15.1. The second-order valence-electron chi connectivity index (χ2n) is 4.53. The maximum atomic E-state index is 13.7. The van der Waals surface area contributed by atoms with Crippen molar-refractivity contribution in [3.05, 3.63) is 29.6 Å². The van der Waals surface area contributed by atoms with Gasteiger partial charge in [-0.25, -0.2) is 13.2 Å². The molecule has 0 saturated carbocycles. The molecule has 1 aromatic rings. The summed E-state index contributed by atoms with van der Waals surface area (Å²) in [6.07, 6.45) is 2.39. The molecule has 6 heteroatoms. The van der Waals surface area contributed by atoms with Gasteiger partial charge in [0.25, 0.3) is 0 Å². The van der Waals surface area contributed by atoms with E-state index < -0.39 is 23.4 Å². The lowest BCUT2D eigenvalue weighted by Gasteiger charge is -2.24. The molecular weight excluding hydrogens is 271 g/mol. The number of carboxylic acid groups (broad SMARTS) is 1. The maximum absolute atomic E-state index is 13.7. The van der Waals surface area contributed by atoms with E-state index in [0.717, 1.165) is 31.4 Å². The molecular formula is C14H18F3NO2. The first kappa shape index (κ1) is 16.3. The van der Waals surface area contributed by atoms with Crippen LogP contribution < -0.4 is 4.90 Å². The van der Waals surface area contributed by atoms with Crippen LogP contribution in [0.25, 0.3) is 0 Å². The van der Waals surface area contributed by atoms with Gasteiger partial charge in [-0.2, -0.15) is 0 Å². The molecule has 0 unspecified atom stereocenters. The summed E-state index contributed by atoms with van der Waals surface area (Å²) in [6, 6.07) is 1.99. The molecule has 112 valence electrons. The third-order valence-electron chi connectivity index (χ3n) is 2.98. The van der Waals surface area contributed by atoms with E-state index in [1.54, 1.807) is 0 Å². The van der Waals surface area contributed by atoms with Gasteiger partial charge >= 0.3 is 5.97 Å². The first-order valence-electron chi connectivity index (χ1n) is 6.57. The van der Waals surface area contributed by atoms with Gasteiger partial charge in [-0.15, -0.1) is 0 Å². The predicted octanol–water partition coefficient (Wildman–Crippen LogP) is 3.58. The summed E-state index contributed by atoms with van der Waals surface area (Å²) in [5.74, 6) is -5.07. The van der Waals surface area contributed by atoms with Crippen LogP contribution in [0.15, 0.2) is 12.1 Å². The van der Waals surface area contributed by atoms with Crippen molar-refractivity contribution in [1.82, 2.24) is 0 Å². The van der Waals surface area contributed by atoms with Crippen LogP contribution in [0.2, 0.25) is 0 Å². The number of halogens is 3. The molecule has 0 aliphatic carbocycles. The number of anilines is 1. The van der Waals surface area contributed by atoms with Crippen LogP contribution in [0.4, 0.5) is 18.9 Å². The van der Waals surface area contributed by atoms with Crippen molar-refractivity contribution in [1.29, 1.82) is 0 Å². The maximum Gasteiger partial charge on any atom is 0.305 e. The zero-order valence-electron chi connectivity index (χ0n) is 11.3. The fourth-order valence-electron chi connectivity index (χ4n) is 1.90. The van der Waals surface area contributed by atoms with E-state index in [1.807, 2.05) is 6.92 Å². The van der Waals surface area contributed by atoms with Gasteiger partial charge in [-0.1, -0.05) is 19.8 Å². The van der Waals surface area contributed by atoms with Gasteiger partial charge in [0, 0.05) is 13.1 Å². The standard InChI is InChI=1S/C14H18F3NO2/c1-2-3-4-8-18(9-7-12(19)20)11-6-5-10(15)13(16)14(11)17/h5-6H,2-4,7-9H2,1H3,(H,19,20). The Labute approximate surface area is 116 Å². The summed E-state index contributed by atoms with van der Waals surface area (Å²) in [6.45, 7) is 2.46. The van der Waals surface area contributed by atoms with E-state index in [1.165, 1.54) is 4.90 Å². The molecule has 0 radical (unpaired) electrons. The Morgan fingerprint density at radius 2 is 1.85 bits per heavy atom. The van der Waals surface area contributed by atoms with Crippen molar-refractivity contribution in [3.8, 4) is 0 Å². The largest absolute Gasteiger partial charge is 0.481 e. The Balaban J connectivity index is 2.90. The summed E-state index contributed by atoms with van der Waals surface area (Å²) in [5, 5.41) is 8.69. The van der Waals surface area contributed by atoms with E-state index in [9.17, 15) is 18.0 Å². The van der Waals surface area contributed by atoms with Gasteiger partial charge in [0.05, 0.1) is 12.1 Å². The number of carboxylic acids is 1. The lowest BCUT2D eigenvalue weighted by atomic mass is 10.2. The van der Waals surface area contributed by atoms with E-state index in [2.05, 4.69) is 0 Å². The van der Waals surface area contributed by atoms with Crippen molar-refractivity contribution in [2.24, 2.45) is 0 Å². The summed E-state index contributed by atoms with van der Waals surface area (Å²) in [4.78, 5) is 12.1. The SMILES string of the molecule is CCCCCN(CCC(=O)O)c1ccc(F)c(F)c1F. The van der Waals surface area contributed by atoms with Gasteiger partial charge in [0.2, 0.25) is 0 Å². The smallest absolute Gasteiger partial charge is 0.305 e. The van der Waals surface area contributed by atoms with Crippen LogP contribution in [0.1, 0.15) is 32.6 Å². The number of hydrogen-bond donors (Lipinski definition) is 1. The lowest BCUT2D eigenvalue weighted by Crippen LogP contribution is -2.28.